The summed E-state index contributed by atoms with van der Waals surface area (Å²) < 4.78 is 0. The number of hydrogen-bond acceptors (Lipinski definition) is 5. The Kier molecular flexibility index (Phi) is 6.10. The maximum absolute atomic E-state index is 9.34. The molecule has 0 aliphatic carbocycles. The number of aryl methyl sites for hydroxylation is 1. The maximum Gasteiger partial charge on any atom is 0.151 e. The number of piperidine rings is 1. The minimum atomic E-state index is 0.326. The van der Waals surface area contributed by atoms with Gasteiger partial charge < -0.3 is 15.3 Å². The van der Waals surface area contributed by atoms with E-state index in [9.17, 15) is 5.11 Å². The third kappa shape index (κ3) is 5.31. The largest absolute Gasteiger partial charge is 0.508 e. The van der Waals surface area contributed by atoms with Gasteiger partial charge in [0.15, 0.2) is 11.0 Å². The number of benzene rings is 1. The lowest BCUT2D eigenvalue weighted by atomic mass is 10.0. The molecule has 1 aromatic heterocycles. The van der Waals surface area contributed by atoms with Crippen LogP contribution < -0.4 is 10.2 Å². The van der Waals surface area contributed by atoms with Crippen molar-refractivity contribution in [3.8, 4) is 5.75 Å². The normalized spacial score (nSPS) is 16.8. The Morgan fingerprint density at radius 2 is 1.88 bits per heavy atom. The van der Waals surface area contributed by atoms with Gasteiger partial charge in [-0.2, -0.15) is 0 Å². The zero-order valence-electron chi connectivity index (χ0n) is 14.5. The van der Waals surface area contributed by atoms with Crippen LogP contribution in [0, 0.1) is 0 Å². The highest BCUT2D eigenvalue weighted by molar-refractivity contribution is 6.29. The van der Waals surface area contributed by atoms with Crippen LogP contribution in [-0.4, -0.2) is 40.5 Å². The molecule has 2 heterocycles. The average Bonchev–Trinajstić information content (AvgIpc) is 2.63. The molecule has 3 rings (SSSR count). The van der Waals surface area contributed by atoms with Crippen molar-refractivity contribution in [2.75, 3.05) is 18.0 Å². The first kappa shape index (κ1) is 18.0. The molecule has 1 atom stereocenters. The minimum absolute atomic E-state index is 0.326. The Labute approximate surface area is 154 Å². The van der Waals surface area contributed by atoms with E-state index >= 15 is 0 Å². The molecule has 2 N–H and O–H groups in total. The molecule has 1 aromatic carbocycles. The number of halogens is 1. The van der Waals surface area contributed by atoms with Gasteiger partial charge in [-0.25, -0.2) is 0 Å². The molecule has 5 nitrogen and oxygen atoms in total. The molecule has 1 saturated heterocycles. The Morgan fingerprint density at radius 1 is 1.16 bits per heavy atom. The van der Waals surface area contributed by atoms with Crippen LogP contribution in [0.15, 0.2) is 36.4 Å². The summed E-state index contributed by atoms with van der Waals surface area (Å²) in [6, 6.07) is 12.2. The van der Waals surface area contributed by atoms with E-state index in [-0.39, 0.29) is 0 Å². The van der Waals surface area contributed by atoms with Crippen LogP contribution in [0.4, 0.5) is 5.82 Å². The first-order valence-corrected chi connectivity index (χ1v) is 9.26. The molecule has 1 unspecified atom stereocenters. The molecule has 0 bridgehead atoms. The first-order chi connectivity index (χ1) is 12.1. The quantitative estimate of drug-likeness (QED) is 0.826. The summed E-state index contributed by atoms with van der Waals surface area (Å²) in [5.74, 6) is 1.23. The molecule has 0 radical (unpaired) electrons. The lowest BCUT2D eigenvalue weighted by molar-refractivity contribution is 0.365. The predicted octanol–water partition coefficient (Wildman–Crippen LogP) is 3.42. The van der Waals surface area contributed by atoms with Gasteiger partial charge in [0, 0.05) is 25.2 Å². The lowest BCUT2D eigenvalue weighted by Gasteiger charge is -2.34. The monoisotopic (exact) mass is 360 g/mol. The van der Waals surface area contributed by atoms with Crippen LogP contribution in [0.1, 0.15) is 31.7 Å². The summed E-state index contributed by atoms with van der Waals surface area (Å²) in [4.78, 5) is 2.27. The molecule has 0 amide bonds. The van der Waals surface area contributed by atoms with Gasteiger partial charge in [0.1, 0.15) is 5.75 Å². The zero-order valence-corrected chi connectivity index (χ0v) is 15.3. The topological polar surface area (TPSA) is 61.3 Å². The highest BCUT2D eigenvalue weighted by Crippen LogP contribution is 2.19. The molecule has 1 aliphatic heterocycles. The van der Waals surface area contributed by atoms with Crippen molar-refractivity contribution < 1.29 is 5.11 Å². The molecule has 0 spiro atoms. The van der Waals surface area contributed by atoms with Gasteiger partial charge >= 0.3 is 0 Å². The number of phenols is 1. The number of nitrogens with zero attached hydrogens (tertiary/aromatic N) is 3. The van der Waals surface area contributed by atoms with Gasteiger partial charge in [-0.3, -0.25) is 0 Å². The molecular weight excluding hydrogens is 336 g/mol. The van der Waals surface area contributed by atoms with Crippen molar-refractivity contribution in [1.82, 2.24) is 15.5 Å². The SMILES string of the molecule is CC(CCc1ccc(O)cc1)NC1CCN(c2ccc(Cl)nn2)CC1. The van der Waals surface area contributed by atoms with Crippen LogP contribution in [0.3, 0.4) is 0 Å². The number of hydrogen-bond donors (Lipinski definition) is 2. The van der Waals surface area contributed by atoms with Crippen LogP contribution in [0.2, 0.25) is 5.15 Å². The second kappa shape index (κ2) is 8.50. The summed E-state index contributed by atoms with van der Waals surface area (Å²) in [5, 5.41) is 21.6. The van der Waals surface area contributed by atoms with Crippen LogP contribution in [-0.2, 0) is 6.42 Å². The fourth-order valence-electron chi connectivity index (χ4n) is 3.28. The van der Waals surface area contributed by atoms with E-state index in [0.29, 0.717) is 23.0 Å². The molecule has 2 aromatic rings. The van der Waals surface area contributed by atoms with Crippen LogP contribution in [0.25, 0.3) is 0 Å². The van der Waals surface area contributed by atoms with Crippen molar-refractivity contribution >= 4 is 17.4 Å². The van der Waals surface area contributed by atoms with Gasteiger partial charge in [0.2, 0.25) is 0 Å². The molecule has 1 aliphatic rings. The summed E-state index contributed by atoms with van der Waals surface area (Å²) >= 11 is 5.80. The second-order valence-corrected chi connectivity index (χ2v) is 7.14. The number of phenolic OH excluding ortho intramolecular Hbond substituents is 1. The third-order valence-corrected chi connectivity index (χ3v) is 4.96. The second-order valence-electron chi connectivity index (χ2n) is 6.75. The van der Waals surface area contributed by atoms with E-state index in [1.807, 2.05) is 18.2 Å². The fraction of sp³-hybridized carbons (Fsp3) is 0.474. The van der Waals surface area contributed by atoms with Gasteiger partial charge in [-0.05, 0) is 62.4 Å². The predicted molar refractivity (Wildman–Crippen MR) is 101 cm³/mol. The van der Waals surface area contributed by atoms with Gasteiger partial charge in [-0.1, -0.05) is 23.7 Å². The molecule has 134 valence electrons. The number of aromatic hydroxyl groups is 1. The Bertz CT molecular complexity index is 654. The van der Waals surface area contributed by atoms with Gasteiger partial charge in [-0.15, -0.1) is 10.2 Å². The molecule has 25 heavy (non-hydrogen) atoms. The van der Waals surface area contributed by atoms with E-state index < -0.39 is 0 Å². The fourth-order valence-corrected chi connectivity index (χ4v) is 3.39. The standard InChI is InChI=1S/C19H25ClN4O/c1-14(2-3-15-4-6-17(25)7-5-15)21-16-10-12-24(13-11-16)19-9-8-18(20)22-23-19/h4-9,14,16,21,25H,2-3,10-13H2,1H3. The third-order valence-electron chi connectivity index (χ3n) is 4.76. The van der Waals surface area contributed by atoms with E-state index in [0.717, 1.165) is 44.6 Å². The van der Waals surface area contributed by atoms with Gasteiger partial charge in [0.25, 0.3) is 0 Å². The summed E-state index contributed by atoms with van der Waals surface area (Å²) in [5.41, 5.74) is 1.27. The Hall–Kier alpha value is -1.85. The number of rotatable bonds is 6. The number of anilines is 1. The Balaban J connectivity index is 1.40. The summed E-state index contributed by atoms with van der Waals surface area (Å²) in [7, 11) is 0. The van der Waals surface area contributed by atoms with E-state index in [1.165, 1.54) is 5.56 Å². The molecule has 0 saturated carbocycles. The molecule has 6 heteroatoms. The van der Waals surface area contributed by atoms with E-state index in [4.69, 9.17) is 11.6 Å². The average molecular weight is 361 g/mol. The first-order valence-electron chi connectivity index (χ1n) is 8.88. The smallest absolute Gasteiger partial charge is 0.151 e. The van der Waals surface area contributed by atoms with Crippen molar-refractivity contribution in [3.63, 3.8) is 0 Å². The molecular formula is C19H25ClN4O. The minimum Gasteiger partial charge on any atom is -0.508 e. The van der Waals surface area contributed by atoms with Crippen molar-refractivity contribution in [2.45, 2.75) is 44.7 Å². The summed E-state index contributed by atoms with van der Waals surface area (Å²) in [6.45, 7) is 4.22. The number of nitrogens with one attached hydrogen (secondary N) is 1. The van der Waals surface area contributed by atoms with Crippen molar-refractivity contribution in [3.05, 3.63) is 47.1 Å². The molecule has 1 fully saturated rings. The van der Waals surface area contributed by atoms with Crippen LogP contribution >= 0.6 is 11.6 Å². The van der Waals surface area contributed by atoms with E-state index in [1.54, 1.807) is 18.2 Å². The van der Waals surface area contributed by atoms with E-state index in [2.05, 4.69) is 27.3 Å². The van der Waals surface area contributed by atoms with Crippen molar-refractivity contribution in [1.29, 1.82) is 0 Å². The zero-order chi connectivity index (χ0) is 17.6. The highest BCUT2D eigenvalue weighted by Gasteiger charge is 2.21. The Morgan fingerprint density at radius 3 is 2.52 bits per heavy atom. The summed E-state index contributed by atoms with van der Waals surface area (Å²) in [6.07, 6.45) is 4.32. The highest BCUT2D eigenvalue weighted by atomic mass is 35.5. The lowest BCUT2D eigenvalue weighted by Crippen LogP contribution is -2.45. The number of aromatic nitrogens is 2. The van der Waals surface area contributed by atoms with Gasteiger partial charge in [0.05, 0.1) is 0 Å². The maximum atomic E-state index is 9.34. The van der Waals surface area contributed by atoms with Crippen molar-refractivity contribution in [2.24, 2.45) is 0 Å². The van der Waals surface area contributed by atoms with Crippen LogP contribution in [0.5, 0.6) is 5.75 Å².